The molecule has 2 rings (SSSR count). The zero-order valence-corrected chi connectivity index (χ0v) is 24.3. The van der Waals surface area contributed by atoms with Crippen LogP contribution in [0.4, 0.5) is 5.69 Å². The van der Waals surface area contributed by atoms with Crippen LogP contribution < -0.4 is 14.4 Å². The van der Waals surface area contributed by atoms with E-state index in [1.807, 2.05) is 6.92 Å². The minimum absolute atomic E-state index is 0.00805. The zero-order valence-electron chi connectivity index (χ0n) is 21.3. The molecule has 0 fully saturated rings. The van der Waals surface area contributed by atoms with Crippen molar-refractivity contribution in [2.75, 3.05) is 30.8 Å². The van der Waals surface area contributed by atoms with E-state index in [1.54, 1.807) is 31.2 Å². The molecular formula is C25H32Cl3N3O5S. The molecule has 0 aromatic heterocycles. The van der Waals surface area contributed by atoms with Crippen LogP contribution in [-0.4, -0.2) is 57.6 Å². The number of nitrogens with zero attached hydrogens (tertiary/aromatic N) is 2. The number of benzene rings is 2. The minimum Gasteiger partial charge on any atom is -0.497 e. The molecule has 0 bridgehead atoms. The smallest absolute Gasteiger partial charge is 0.244 e. The highest BCUT2D eigenvalue weighted by Crippen LogP contribution is 2.35. The largest absolute Gasteiger partial charge is 0.497 e. The lowest BCUT2D eigenvalue weighted by Crippen LogP contribution is -2.52. The van der Waals surface area contributed by atoms with E-state index < -0.39 is 28.5 Å². The van der Waals surface area contributed by atoms with Crippen LogP contribution in [0.3, 0.4) is 0 Å². The molecule has 2 aromatic rings. The fourth-order valence-electron chi connectivity index (χ4n) is 3.69. The minimum atomic E-state index is -3.97. The maximum Gasteiger partial charge on any atom is 0.244 e. The number of carbonyl (C=O) groups excluding carboxylic acids is 2. The van der Waals surface area contributed by atoms with Gasteiger partial charge in [0.1, 0.15) is 18.3 Å². The standard InChI is InChI=1S/C25H32Cl3N3O5S/c1-5-7-11-29-25(33)22(6-2)30(15-17-9-8-10-18(12-17)36-3)24(32)16-31(37(4,34)35)23-14-20(27)19(26)13-21(23)28/h8-10,12-14,22H,5-7,11,15-16H2,1-4H3,(H,29,33)/t22-/m0/s1. The van der Waals surface area contributed by atoms with Crippen molar-refractivity contribution in [2.24, 2.45) is 0 Å². The predicted molar refractivity (Wildman–Crippen MR) is 149 cm³/mol. The van der Waals surface area contributed by atoms with Gasteiger partial charge in [0.15, 0.2) is 0 Å². The number of unbranched alkanes of at least 4 members (excludes halogenated alkanes) is 1. The predicted octanol–water partition coefficient (Wildman–Crippen LogP) is 5.15. The fraction of sp³-hybridized carbons (Fsp3) is 0.440. The Bertz CT molecular complexity index is 1210. The van der Waals surface area contributed by atoms with Gasteiger partial charge in [-0.1, -0.05) is 67.2 Å². The number of halogens is 3. The molecule has 204 valence electrons. The highest BCUT2D eigenvalue weighted by atomic mass is 35.5. The van der Waals surface area contributed by atoms with Gasteiger partial charge in [0.05, 0.1) is 34.1 Å². The molecule has 0 heterocycles. The molecule has 2 aromatic carbocycles. The molecule has 2 amide bonds. The van der Waals surface area contributed by atoms with Gasteiger partial charge in [0.25, 0.3) is 0 Å². The average molecular weight is 593 g/mol. The van der Waals surface area contributed by atoms with Crippen LogP contribution in [0.2, 0.25) is 15.1 Å². The number of hydrogen-bond acceptors (Lipinski definition) is 5. The van der Waals surface area contributed by atoms with Crippen molar-refractivity contribution in [2.45, 2.75) is 45.7 Å². The highest BCUT2D eigenvalue weighted by molar-refractivity contribution is 7.92. The number of ether oxygens (including phenoxy) is 1. The van der Waals surface area contributed by atoms with Crippen molar-refractivity contribution in [1.82, 2.24) is 10.2 Å². The number of methoxy groups -OCH3 is 1. The van der Waals surface area contributed by atoms with Crippen molar-refractivity contribution in [3.8, 4) is 5.75 Å². The maximum absolute atomic E-state index is 13.7. The number of anilines is 1. The number of carbonyl (C=O) groups is 2. The highest BCUT2D eigenvalue weighted by Gasteiger charge is 2.32. The van der Waals surface area contributed by atoms with Gasteiger partial charge in [-0.25, -0.2) is 8.42 Å². The second kappa shape index (κ2) is 14.1. The van der Waals surface area contributed by atoms with E-state index in [1.165, 1.54) is 24.1 Å². The molecule has 8 nitrogen and oxygen atoms in total. The Kier molecular flexibility index (Phi) is 11.8. The first-order valence-electron chi connectivity index (χ1n) is 11.7. The summed E-state index contributed by atoms with van der Waals surface area (Å²) in [6.07, 6.45) is 2.97. The average Bonchev–Trinajstić information content (AvgIpc) is 2.84. The van der Waals surface area contributed by atoms with Gasteiger partial charge >= 0.3 is 0 Å². The first kappa shape index (κ1) is 31.0. The van der Waals surface area contributed by atoms with E-state index >= 15 is 0 Å². The summed E-state index contributed by atoms with van der Waals surface area (Å²) in [6, 6.07) is 8.87. The molecule has 0 unspecified atom stereocenters. The second-order valence-electron chi connectivity index (χ2n) is 8.43. The lowest BCUT2D eigenvalue weighted by atomic mass is 10.1. The second-order valence-corrected chi connectivity index (χ2v) is 11.6. The van der Waals surface area contributed by atoms with Gasteiger partial charge < -0.3 is 15.0 Å². The Balaban J connectivity index is 2.49. The van der Waals surface area contributed by atoms with Crippen LogP contribution >= 0.6 is 34.8 Å². The molecule has 1 atom stereocenters. The SMILES string of the molecule is CCCCNC(=O)[C@H](CC)N(Cc1cccc(OC)c1)C(=O)CN(c1cc(Cl)c(Cl)cc1Cl)S(C)(=O)=O. The molecule has 0 aliphatic heterocycles. The number of amides is 2. The third-order valence-corrected chi connectivity index (χ3v) is 7.79. The summed E-state index contributed by atoms with van der Waals surface area (Å²) in [5.41, 5.74) is 0.722. The van der Waals surface area contributed by atoms with E-state index in [0.29, 0.717) is 24.3 Å². The van der Waals surface area contributed by atoms with Crippen molar-refractivity contribution in [3.63, 3.8) is 0 Å². The van der Waals surface area contributed by atoms with Crippen LogP contribution in [0.25, 0.3) is 0 Å². The van der Waals surface area contributed by atoms with Gasteiger partial charge in [-0.2, -0.15) is 0 Å². The molecule has 1 N–H and O–H groups in total. The van der Waals surface area contributed by atoms with Gasteiger partial charge in [-0.3, -0.25) is 13.9 Å². The maximum atomic E-state index is 13.7. The van der Waals surface area contributed by atoms with Gasteiger partial charge in [0, 0.05) is 13.1 Å². The van der Waals surface area contributed by atoms with Gasteiger partial charge in [-0.05, 0) is 42.7 Å². The molecule has 0 spiro atoms. The summed E-state index contributed by atoms with van der Waals surface area (Å²) in [6.45, 7) is 3.74. The van der Waals surface area contributed by atoms with Crippen molar-refractivity contribution in [1.29, 1.82) is 0 Å². The van der Waals surface area contributed by atoms with E-state index in [4.69, 9.17) is 39.5 Å². The van der Waals surface area contributed by atoms with Crippen LogP contribution in [0.15, 0.2) is 36.4 Å². The number of nitrogens with one attached hydrogen (secondary N) is 1. The third kappa shape index (κ3) is 8.67. The number of rotatable bonds is 13. The van der Waals surface area contributed by atoms with E-state index in [0.717, 1.165) is 23.4 Å². The first-order chi connectivity index (χ1) is 17.4. The fourth-order valence-corrected chi connectivity index (χ4v) is 5.24. The van der Waals surface area contributed by atoms with E-state index in [2.05, 4.69) is 5.32 Å². The Morgan fingerprint density at radius 2 is 1.73 bits per heavy atom. The summed E-state index contributed by atoms with van der Waals surface area (Å²) < 4.78 is 31.7. The summed E-state index contributed by atoms with van der Waals surface area (Å²) >= 11 is 18.4. The quantitative estimate of drug-likeness (QED) is 0.257. The lowest BCUT2D eigenvalue weighted by molar-refractivity contribution is -0.140. The Morgan fingerprint density at radius 1 is 1.05 bits per heavy atom. The molecule has 12 heteroatoms. The van der Waals surface area contributed by atoms with Gasteiger partial charge in [0.2, 0.25) is 21.8 Å². The Morgan fingerprint density at radius 3 is 2.32 bits per heavy atom. The molecule has 0 saturated heterocycles. The van der Waals surface area contributed by atoms with E-state index in [9.17, 15) is 18.0 Å². The van der Waals surface area contributed by atoms with Crippen LogP contribution in [0, 0.1) is 0 Å². The summed E-state index contributed by atoms with van der Waals surface area (Å²) in [5.74, 6) is -0.316. The Hall–Kier alpha value is -2.20. The number of hydrogen-bond donors (Lipinski definition) is 1. The zero-order chi connectivity index (χ0) is 27.8. The van der Waals surface area contributed by atoms with Gasteiger partial charge in [-0.15, -0.1) is 0 Å². The van der Waals surface area contributed by atoms with Crippen molar-refractivity contribution in [3.05, 3.63) is 57.0 Å². The van der Waals surface area contributed by atoms with Crippen LogP contribution in [0.1, 0.15) is 38.7 Å². The van der Waals surface area contributed by atoms with Crippen LogP contribution in [-0.2, 0) is 26.2 Å². The summed E-state index contributed by atoms with van der Waals surface area (Å²) in [7, 11) is -2.44. The topological polar surface area (TPSA) is 96.0 Å². The first-order valence-corrected chi connectivity index (χ1v) is 14.7. The Labute approximate surface area is 233 Å². The monoisotopic (exact) mass is 591 g/mol. The summed E-state index contributed by atoms with van der Waals surface area (Å²) in [5, 5.41) is 3.11. The normalized spacial score (nSPS) is 12.1. The van der Waals surface area contributed by atoms with Crippen LogP contribution in [0.5, 0.6) is 5.75 Å². The molecule has 37 heavy (non-hydrogen) atoms. The van der Waals surface area contributed by atoms with Crippen molar-refractivity contribution < 1.29 is 22.7 Å². The van der Waals surface area contributed by atoms with Crippen molar-refractivity contribution >= 4 is 62.3 Å². The molecule has 0 radical (unpaired) electrons. The third-order valence-electron chi connectivity index (χ3n) is 5.64. The molecule has 0 saturated carbocycles. The molecular weight excluding hydrogens is 561 g/mol. The molecule has 0 aliphatic rings. The lowest BCUT2D eigenvalue weighted by Gasteiger charge is -2.33. The number of sulfonamides is 1. The molecule has 0 aliphatic carbocycles. The van der Waals surface area contributed by atoms with E-state index in [-0.39, 0.29) is 33.2 Å². The summed E-state index contributed by atoms with van der Waals surface area (Å²) in [4.78, 5) is 28.2.